The predicted octanol–water partition coefficient (Wildman–Crippen LogP) is 2.96. The molecule has 6 heteroatoms. The van der Waals surface area contributed by atoms with Crippen molar-refractivity contribution in [3.63, 3.8) is 0 Å². The Labute approximate surface area is 157 Å². The van der Waals surface area contributed by atoms with Crippen molar-refractivity contribution in [2.45, 2.75) is 26.3 Å². The zero-order valence-electron chi connectivity index (χ0n) is 15.1. The lowest BCUT2D eigenvalue weighted by Gasteiger charge is -2.19. The molecule has 2 aliphatic rings. The Morgan fingerprint density at radius 3 is 2.92 bits per heavy atom. The van der Waals surface area contributed by atoms with E-state index in [1.165, 1.54) is 11.3 Å². The Bertz CT molecular complexity index is 835. The zero-order valence-corrected chi connectivity index (χ0v) is 16.0. The summed E-state index contributed by atoms with van der Waals surface area (Å²) in [5, 5.41) is 1.96. The second-order valence-corrected chi connectivity index (χ2v) is 8.46. The topological polar surface area (TPSA) is 53.5 Å². The number of aryl methyl sites for hydroxylation is 1. The van der Waals surface area contributed by atoms with Gasteiger partial charge in [0.25, 0.3) is 5.91 Å². The molecule has 2 aromatic heterocycles. The fraction of sp³-hybridized carbons (Fsp3) is 0.450. The van der Waals surface area contributed by atoms with Crippen LogP contribution in [-0.2, 0) is 11.3 Å². The van der Waals surface area contributed by atoms with Crippen molar-refractivity contribution in [3.05, 3.63) is 52.0 Å². The van der Waals surface area contributed by atoms with Gasteiger partial charge in [0.2, 0.25) is 5.91 Å². The molecule has 1 spiro atoms. The number of rotatable bonds is 4. The minimum absolute atomic E-state index is 0.00369. The van der Waals surface area contributed by atoms with Crippen LogP contribution in [-0.4, -0.2) is 46.7 Å². The Morgan fingerprint density at radius 1 is 1.38 bits per heavy atom. The van der Waals surface area contributed by atoms with Gasteiger partial charge in [-0.25, -0.2) is 0 Å². The van der Waals surface area contributed by atoms with Crippen LogP contribution in [0.3, 0.4) is 0 Å². The van der Waals surface area contributed by atoms with E-state index in [9.17, 15) is 9.59 Å². The van der Waals surface area contributed by atoms with Gasteiger partial charge in [-0.1, -0.05) is 6.07 Å². The quantitative estimate of drug-likeness (QED) is 0.833. The first kappa shape index (κ1) is 17.2. The van der Waals surface area contributed by atoms with E-state index in [1.807, 2.05) is 48.5 Å². The number of carbonyl (C=O) groups is 2. The van der Waals surface area contributed by atoms with Crippen LogP contribution in [0.1, 0.15) is 33.8 Å². The maximum atomic E-state index is 12.8. The molecule has 136 valence electrons. The number of pyridine rings is 1. The number of aromatic nitrogens is 1. The fourth-order valence-corrected chi connectivity index (χ4v) is 4.92. The molecule has 3 heterocycles. The smallest absolute Gasteiger partial charge is 0.264 e. The molecule has 2 fully saturated rings. The summed E-state index contributed by atoms with van der Waals surface area (Å²) >= 11 is 1.50. The highest BCUT2D eigenvalue weighted by Crippen LogP contribution is 2.59. The molecule has 1 aliphatic carbocycles. The van der Waals surface area contributed by atoms with Crippen molar-refractivity contribution < 1.29 is 9.59 Å². The molecule has 0 N–H and O–H groups in total. The second-order valence-electron chi connectivity index (χ2n) is 7.54. The molecule has 0 aromatic carbocycles. The lowest BCUT2D eigenvalue weighted by Crippen LogP contribution is -2.32. The van der Waals surface area contributed by atoms with E-state index in [2.05, 4.69) is 4.98 Å². The normalized spacial score (nSPS) is 24.1. The first-order valence-corrected chi connectivity index (χ1v) is 9.86. The first-order valence-electron chi connectivity index (χ1n) is 8.98. The summed E-state index contributed by atoms with van der Waals surface area (Å²) in [5.41, 5.74) is 1.94. The molecule has 0 unspecified atom stereocenters. The van der Waals surface area contributed by atoms with Crippen molar-refractivity contribution in [3.8, 4) is 0 Å². The molecule has 0 bridgehead atoms. The van der Waals surface area contributed by atoms with Gasteiger partial charge in [-0.05, 0) is 48.9 Å². The molecule has 2 atom stereocenters. The van der Waals surface area contributed by atoms with E-state index >= 15 is 0 Å². The minimum Gasteiger partial charge on any atom is -0.340 e. The average molecular weight is 369 g/mol. The van der Waals surface area contributed by atoms with Crippen molar-refractivity contribution in [2.24, 2.45) is 11.3 Å². The molecule has 5 nitrogen and oxygen atoms in total. The van der Waals surface area contributed by atoms with Gasteiger partial charge < -0.3 is 9.80 Å². The van der Waals surface area contributed by atoms with E-state index < -0.39 is 0 Å². The van der Waals surface area contributed by atoms with Gasteiger partial charge in [0.05, 0.1) is 17.1 Å². The van der Waals surface area contributed by atoms with Gasteiger partial charge in [-0.2, -0.15) is 0 Å². The third-order valence-electron chi connectivity index (χ3n) is 5.72. The van der Waals surface area contributed by atoms with Gasteiger partial charge in [-0.3, -0.25) is 14.6 Å². The van der Waals surface area contributed by atoms with Crippen molar-refractivity contribution in [1.82, 2.24) is 14.8 Å². The second kappa shape index (κ2) is 6.50. The van der Waals surface area contributed by atoms with Gasteiger partial charge in [0.1, 0.15) is 0 Å². The summed E-state index contributed by atoms with van der Waals surface area (Å²) in [7, 11) is 1.84. The van der Waals surface area contributed by atoms with E-state index in [1.54, 1.807) is 11.1 Å². The highest BCUT2D eigenvalue weighted by atomic mass is 32.1. The van der Waals surface area contributed by atoms with Crippen molar-refractivity contribution >= 4 is 23.2 Å². The minimum atomic E-state index is -0.00369. The lowest BCUT2D eigenvalue weighted by molar-refractivity contribution is -0.132. The third-order valence-corrected chi connectivity index (χ3v) is 6.72. The number of likely N-dealkylation sites (tertiary alicyclic amines) is 1. The van der Waals surface area contributed by atoms with E-state index in [4.69, 9.17) is 0 Å². The highest BCUT2D eigenvalue weighted by molar-refractivity contribution is 7.12. The number of nitrogens with zero attached hydrogens (tertiary/aromatic N) is 3. The van der Waals surface area contributed by atoms with Crippen LogP contribution in [0.4, 0.5) is 0 Å². The van der Waals surface area contributed by atoms with E-state index in [0.717, 1.165) is 35.5 Å². The Hall–Kier alpha value is -2.21. The van der Waals surface area contributed by atoms with Crippen LogP contribution < -0.4 is 0 Å². The monoisotopic (exact) mass is 369 g/mol. The lowest BCUT2D eigenvalue weighted by atomic mass is 10.0. The first-order chi connectivity index (χ1) is 12.5. The molecule has 2 amide bonds. The molecule has 2 aromatic rings. The highest BCUT2D eigenvalue weighted by Gasteiger charge is 2.62. The molecule has 26 heavy (non-hydrogen) atoms. The van der Waals surface area contributed by atoms with Crippen LogP contribution in [0, 0.1) is 18.3 Å². The molecule has 0 radical (unpaired) electrons. The summed E-state index contributed by atoms with van der Waals surface area (Å²) in [4.78, 5) is 34.4. The Morgan fingerprint density at radius 2 is 2.23 bits per heavy atom. The summed E-state index contributed by atoms with van der Waals surface area (Å²) in [6.45, 7) is 3.97. The van der Waals surface area contributed by atoms with Crippen molar-refractivity contribution in [2.75, 3.05) is 20.1 Å². The van der Waals surface area contributed by atoms with Gasteiger partial charge in [0, 0.05) is 37.7 Å². The summed E-state index contributed by atoms with van der Waals surface area (Å²) < 4.78 is 0. The van der Waals surface area contributed by atoms with Gasteiger partial charge in [0.15, 0.2) is 0 Å². The molecule has 1 aliphatic heterocycles. The standard InChI is InChI=1S/C20H23N3O2S/c1-14-6-10-26-17(14)19(25)23-9-7-20(13-23)11-16(20)18(24)22(2)12-15-5-3-4-8-21-15/h3-6,8,10,16H,7,9,11-13H2,1-2H3/t16-,20-/m1/s1. The average Bonchev–Trinajstić information content (AvgIpc) is 2.94. The van der Waals surface area contributed by atoms with Crippen LogP contribution in [0.2, 0.25) is 0 Å². The predicted molar refractivity (Wildman–Crippen MR) is 101 cm³/mol. The van der Waals surface area contributed by atoms with Crippen molar-refractivity contribution in [1.29, 1.82) is 0 Å². The molecular formula is C20H23N3O2S. The number of hydrogen-bond acceptors (Lipinski definition) is 4. The fourth-order valence-electron chi connectivity index (χ4n) is 4.03. The largest absolute Gasteiger partial charge is 0.340 e. The number of hydrogen-bond donors (Lipinski definition) is 0. The summed E-state index contributed by atoms with van der Waals surface area (Å²) in [6.07, 6.45) is 3.57. The molecule has 1 saturated heterocycles. The maximum Gasteiger partial charge on any atom is 0.264 e. The molecular weight excluding hydrogens is 346 g/mol. The summed E-state index contributed by atoms with van der Waals surface area (Å²) in [5.74, 6) is 0.338. The van der Waals surface area contributed by atoms with Gasteiger partial charge >= 0.3 is 0 Å². The third kappa shape index (κ3) is 3.03. The van der Waals surface area contributed by atoms with Crippen LogP contribution in [0.15, 0.2) is 35.8 Å². The number of thiophene rings is 1. The molecule has 4 rings (SSSR count). The zero-order chi connectivity index (χ0) is 18.3. The van der Waals surface area contributed by atoms with Crippen LogP contribution >= 0.6 is 11.3 Å². The van der Waals surface area contributed by atoms with E-state index in [0.29, 0.717) is 13.1 Å². The SMILES string of the molecule is Cc1ccsc1C(=O)N1CC[C@@]2(C[C@@H]2C(=O)N(C)Cc2ccccn2)C1. The van der Waals surface area contributed by atoms with Crippen LogP contribution in [0.5, 0.6) is 0 Å². The maximum absolute atomic E-state index is 12.8. The summed E-state index contributed by atoms with van der Waals surface area (Å²) in [6, 6.07) is 7.73. The Balaban J connectivity index is 1.38. The van der Waals surface area contributed by atoms with Crippen LogP contribution in [0.25, 0.3) is 0 Å². The Kier molecular flexibility index (Phi) is 4.31. The number of amides is 2. The van der Waals surface area contributed by atoms with E-state index in [-0.39, 0.29) is 23.1 Å². The van der Waals surface area contributed by atoms with Gasteiger partial charge in [-0.15, -0.1) is 11.3 Å². The molecule has 1 saturated carbocycles. The number of carbonyl (C=O) groups excluding carboxylic acids is 2.